The summed E-state index contributed by atoms with van der Waals surface area (Å²) in [6.45, 7) is 3.09. The molecular formula is C13H14BrN3OS. The lowest BCUT2D eigenvalue weighted by Gasteiger charge is -2.07. The Kier molecular flexibility index (Phi) is 4.93. The van der Waals surface area contributed by atoms with E-state index >= 15 is 0 Å². The van der Waals surface area contributed by atoms with Crippen molar-refractivity contribution in [2.75, 3.05) is 18.4 Å². The van der Waals surface area contributed by atoms with Crippen LogP contribution in [0.2, 0.25) is 0 Å². The maximum absolute atomic E-state index is 11.8. The van der Waals surface area contributed by atoms with Gasteiger partial charge in [0.2, 0.25) is 0 Å². The van der Waals surface area contributed by atoms with Crippen LogP contribution >= 0.6 is 27.3 Å². The predicted molar refractivity (Wildman–Crippen MR) is 81.8 cm³/mol. The number of hydrogen-bond donors (Lipinski definition) is 2. The fourth-order valence-corrected chi connectivity index (χ4v) is 2.70. The molecule has 2 aromatic rings. The smallest absolute Gasteiger partial charge is 0.263 e. The molecule has 1 heterocycles. The van der Waals surface area contributed by atoms with Gasteiger partial charge in [0, 0.05) is 23.2 Å². The lowest BCUT2D eigenvalue weighted by Crippen LogP contribution is -2.28. The molecule has 0 saturated heterocycles. The molecule has 1 aromatic heterocycles. The van der Waals surface area contributed by atoms with E-state index in [9.17, 15) is 4.79 Å². The molecule has 2 N–H and O–H groups in total. The second-order valence-corrected chi connectivity index (χ2v) is 5.73. The summed E-state index contributed by atoms with van der Waals surface area (Å²) < 4.78 is 1.03. The number of anilines is 1. The van der Waals surface area contributed by atoms with Crippen LogP contribution in [0.4, 0.5) is 5.69 Å². The molecule has 1 amide bonds. The summed E-state index contributed by atoms with van der Waals surface area (Å²) in [5.41, 5.74) is 3.49. The molecule has 0 radical (unpaired) electrons. The molecule has 2 rings (SSSR count). The summed E-state index contributed by atoms with van der Waals surface area (Å²) in [7, 11) is 0. The topological polar surface area (TPSA) is 54.0 Å². The molecule has 1 aromatic carbocycles. The highest BCUT2D eigenvalue weighted by atomic mass is 79.9. The monoisotopic (exact) mass is 339 g/mol. The number of aryl methyl sites for hydroxylation is 1. The average molecular weight is 340 g/mol. The summed E-state index contributed by atoms with van der Waals surface area (Å²) in [6.07, 6.45) is 0. The van der Waals surface area contributed by atoms with E-state index in [4.69, 9.17) is 0 Å². The fraction of sp³-hybridized carbons (Fsp3) is 0.231. The molecule has 19 heavy (non-hydrogen) atoms. The third kappa shape index (κ3) is 4.04. The van der Waals surface area contributed by atoms with Gasteiger partial charge in [-0.1, -0.05) is 22.0 Å². The molecule has 0 unspecified atom stereocenters. The molecule has 0 aliphatic heterocycles. The molecule has 0 aliphatic carbocycles. The van der Waals surface area contributed by atoms with Crippen molar-refractivity contribution in [3.05, 3.63) is 44.8 Å². The molecule has 6 heteroatoms. The van der Waals surface area contributed by atoms with E-state index in [0.29, 0.717) is 18.0 Å². The van der Waals surface area contributed by atoms with Gasteiger partial charge < -0.3 is 10.6 Å². The van der Waals surface area contributed by atoms with Crippen molar-refractivity contribution in [1.82, 2.24) is 10.3 Å². The predicted octanol–water partition coefficient (Wildman–Crippen LogP) is 3.06. The number of nitrogens with one attached hydrogen (secondary N) is 2. The Morgan fingerprint density at radius 3 is 2.95 bits per heavy atom. The largest absolute Gasteiger partial charge is 0.383 e. The molecule has 4 nitrogen and oxygen atoms in total. The second-order valence-electron chi connectivity index (χ2n) is 3.96. The van der Waals surface area contributed by atoms with Crippen molar-refractivity contribution >= 4 is 38.9 Å². The Morgan fingerprint density at radius 1 is 1.42 bits per heavy atom. The first-order chi connectivity index (χ1) is 9.16. The van der Waals surface area contributed by atoms with Crippen molar-refractivity contribution < 1.29 is 4.79 Å². The van der Waals surface area contributed by atoms with Gasteiger partial charge in [0.05, 0.1) is 11.2 Å². The van der Waals surface area contributed by atoms with Crippen LogP contribution in [-0.2, 0) is 0 Å². The zero-order valence-corrected chi connectivity index (χ0v) is 12.8. The van der Waals surface area contributed by atoms with Gasteiger partial charge in [0.1, 0.15) is 4.88 Å². The zero-order valence-electron chi connectivity index (χ0n) is 10.4. The number of amides is 1. The van der Waals surface area contributed by atoms with Crippen LogP contribution in [0.1, 0.15) is 15.4 Å². The lowest BCUT2D eigenvalue weighted by molar-refractivity contribution is 0.0958. The van der Waals surface area contributed by atoms with Gasteiger partial charge in [0.15, 0.2) is 0 Å². The number of halogens is 1. The maximum Gasteiger partial charge on any atom is 0.263 e. The van der Waals surface area contributed by atoms with Crippen LogP contribution in [0.3, 0.4) is 0 Å². The Bertz CT molecular complexity index is 571. The first-order valence-electron chi connectivity index (χ1n) is 5.84. The van der Waals surface area contributed by atoms with E-state index in [2.05, 4.69) is 31.5 Å². The van der Waals surface area contributed by atoms with E-state index in [1.54, 1.807) is 5.51 Å². The van der Waals surface area contributed by atoms with Crippen LogP contribution in [0.5, 0.6) is 0 Å². The Morgan fingerprint density at radius 2 is 2.26 bits per heavy atom. The molecule has 0 fully saturated rings. The average Bonchev–Trinajstić information content (AvgIpc) is 2.81. The van der Waals surface area contributed by atoms with Crippen molar-refractivity contribution in [1.29, 1.82) is 0 Å². The first kappa shape index (κ1) is 14.0. The second kappa shape index (κ2) is 6.68. The van der Waals surface area contributed by atoms with E-state index in [-0.39, 0.29) is 5.91 Å². The molecule has 0 saturated carbocycles. The van der Waals surface area contributed by atoms with E-state index in [0.717, 1.165) is 15.9 Å². The van der Waals surface area contributed by atoms with Gasteiger partial charge >= 0.3 is 0 Å². The standard InChI is InChI=1S/C13H14BrN3OS/c1-9-12(19-8-17-9)13(18)16-6-5-15-11-4-2-3-10(14)7-11/h2-4,7-8,15H,5-6H2,1H3,(H,16,18). The highest BCUT2D eigenvalue weighted by Crippen LogP contribution is 2.15. The molecule has 0 bridgehead atoms. The number of carbonyl (C=O) groups excluding carboxylic acids is 1. The van der Waals surface area contributed by atoms with E-state index < -0.39 is 0 Å². The minimum Gasteiger partial charge on any atom is -0.383 e. The summed E-state index contributed by atoms with van der Waals surface area (Å²) in [6, 6.07) is 7.92. The Labute approximate surface area is 124 Å². The van der Waals surface area contributed by atoms with Gasteiger partial charge in [-0.3, -0.25) is 4.79 Å². The van der Waals surface area contributed by atoms with Gasteiger partial charge in [-0.25, -0.2) is 4.98 Å². The fourth-order valence-electron chi connectivity index (χ4n) is 1.58. The van der Waals surface area contributed by atoms with Crippen LogP contribution in [-0.4, -0.2) is 24.0 Å². The van der Waals surface area contributed by atoms with Gasteiger partial charge in [0.25, 0.3) is 5.91 Å². The first-order valence-corrected chi connectivity index (χ1v) is 7.52. The Hall–Kier alpha value is -1.40. The Balaban J connectivity index is 1.75. The molecule has 0 aliphatic rings. The van der Waals surface area contributed by atoms with Crippen molar-refractivity contribution in [2.24, 2.45) is 0 Å². The number of benzene rings is 1. The minimum absolute atomic E-state index is 0.0592. The summed E-state index contributed by atoms with van der Waals surface area (Å²) >= 11 is 4.78. The molecule has 0 atom stereocenters. The summed E-state index contributed by atoms with van der Waals surface area (Å²) in [5, 5.41) is 6.11. The number of thiazole rings is 1. The summed E-state index contributed by atoms with van der Waals surface area (Å²) in [5.74, 6) is -0.0592. The number of aromatic nitrogens is 1. The summed E-state index contributed by atoms with van der Waals surface area (Å²) in [4.78, 5) is 16.6. The van der Waals surface area contributed by atoms with Crippen molar-refractivity contribution in [2.45, 2.75) is 6.92 Å². The van der Waals surface area contributed by atoms with E-state index in [1.807, 2.05) is 31.2 Å². The lowest BCUT2D eigenvalue weighted by atomic mass is 10.3. The number of hydrogen-bond acceptors (Lipinski definition) is 4. The van der Waals surface area contributed by atoms with Crippen LogP contribution in [0.15, 0.2) is 34.2 Å². The van der Waals surface area contributed by atoms with Gasteiger partial charge in [-0.2, -0.15) is 0 Å². The highest BCUT2D eigenvalue weighted by molar-refractivity contribution is 9.10. The van der Waals surface area contributed by atoms with Crippen molar-refractivity contribution in [3.8, 4) is 0 Å². The zero-order chi connectivity index (χ0) is 13.7. The van der Waals surface area contributed by atoms with Gasteiger partial charge in [-0.15, -0.1) is 11.3 Å². The SMILES string of the molecule is Cc1ncsc1C(=O)NCCNc1cccc(Br)c1. The van der Waals surface area contributed by atoms with Crippen LogP contribution in [0.25, 0.3) is 0 Å². The normalized spacial score (nSPS) is 10.2. The number of carbonyl (C=O) groups is 1. The minimum atomic E-state index is -0.0592. The van der Waals surface area contributed by atoms with Gasteiger partial charge in [-0.05, 0) is 25.1 Å². The quantitative estimate of drug-likeness (QED) is 0.823. The molecule has 100 valence electrons. The highest BCUT2D eigenvalue weighted by Gasteiger charge is 2.10. The van der Waals surface area contributed by atoms with Crippen LogP contribution < -0.4 is 10.6 Å². The van der Waals surface area contributed by atoms with Crippen LogP contribution in [0, 0.1) is 6.92 Å². The maximum atomic E-state index is 11.8. The van der Waals surface area contributed by atoms with Crippen molar-refractivity contribution in [3.63, 3.8) is 0 Å². The molecule has 0 spiro atoms. The molecular weight excluding hydrogens is 326 g/mol. The number of rotatable bonds is 5. The number of nitrogens with zero attached hydrogens (tertiary/aromatic N) is 1. The van der Waals surface area contributed by atoms with E-state index in [1.165, 1.54) is 11.3 Å². The third-order valence-corrected chi connectivity index (χ3v) is 3.94. The third-order valence-electron chi connectivity index (χ3n) is 2.52.